The smallest absolute Gasteiger partial charge is 0.279 e. The van der Waals surface area contributed by atoms with Gasteiger partial charge in [0.05, 0.1) is 6.54 Å². The van der Waals surface area contributed by atoms with Crippen LogP contribution in [0.25, 0.3) is 0 Å². The van der Waals surface area contributed by atoms with Crippen molar-refractivity contribution in [2.45, 2.75) is 13.0 Å². The minimum absolute atomic E-state index is 0.0474. The number of pyridine rings is 1. The number of halogens is 2. The van der Waals surface area contributed by atoms with Crippen LogP contribution in [-0.4, -0.2) is 35.4 Å². The van der Waals surface area contributed by atoms with Gasteiger partial charge in [0.25, 0.3) is 17.7 Å². The highest BCUT2D eigenvalue weighted by atomic mass is 35.5. The highest BCUT2D eigenvalue weighted by molar-refractivity contribution is 6.30. The van der Waals surface area contributed by atoms with Crippen LogP contribution in [0.2, 0.25) is 5.02 Å². The molecule has 1 atom stereocenters. The van der Waals surface area contributed by atoms with Crippen LogP contribution in [0.1, 0.15) is 17.4 Å². The van der Waals surface area contributed by atoms with Gasteiger partial charge in [-0.25, -0.2) is 4.39 Å². The number of rotatable bonds is 6. The van der Waals surface area contributed by atoms with Crippen LogP contribution < -0.4 is 20.9 Å². The third kappa shape index (κ3) is 6.23. The van der Waals surface area contributed by atoms with E-state index in [2.05, 4.69) is 21.2 Å². The summed E-state index contributed by atoms with van der Waals surface area (Å²) >= 11 is 5.75. The van der Waals surface area contributed by atoms with Crippen molar-refractivity contribution in [1.29, 1.82) is 0 Å². The molecule has 10 heteroatoms. The fourth-order valence-corrected chi connectivity index (χ4v) is 2.00. The van der Waals surface area contributed by atoms with E-state index in [-0.39, 0.29) is 11.4 Å². The van der Waals surface area contributed by atoms with Gasteiger partial charge in [0.1, 0.15) is 5.69 Å². The molecule has 0 radical (unpaired) electrons. The van der Waals surface area contributed by atoms with Crippen molar-refractivity contribution in [2.24, 2.45) is 0 Å². The van der Waals surface area contributed by atoms with E-state index in [1.54, 1.807) is 6.07 Å². The second kappa shape index (κ2) is 9.48. The molecule has 3 N–H and O–H groups in total. The van der Waals surface area contributed by atoms with E-state index in [9.17, 15) is 18.8 Å². The van der Waals surface area contributed by atoms with Gasteiger partial charge in [0, 0.05) is 11.2 Å². The predicted molar refractivity (Wildman–Crippen MR) is 94.4 cm³/mol. The number of hydrogen-bond donors (Lipinski definition) is 3. The molecule has 3 amide bonds. The van der Waals surface area contributed by atoms with E-state index in [0.717, 1.165) is 0 Å². The summed E-state index contributed by atoms with van der Waals surface area (Å²) in [5.41, 5.74) is 4.28. The lowest BCUT2D eigenvalue weighted by Crippen LogP contribution is -2.50. The summed E-state index contributed by atoms with van der Waals surface area (Å²) in [5.74, 6) is -2.69. The van der Waals surface area contributed by atoms with Gasteiger partial charge < -0.3 is 10.1 Å². The first-order valence-electron chi connectivity index (χ1n) is 7.76. The van der Waals surface area contributed by atoms with Gasteiger partial charge in [0.2, 0.25) is 0 Å². The number of carbonyl (C=O) groups excluding carboxylic acids is 3. The molecular formula is C17H16ClFN4O4. The summed E-state index contributed by atoms with van der Waals surface area (Å²) in [6.45, 7) is 0.983. The molecule has 2 aromatic rings. The van der Waals surface area contributed by atoms with E-state index < -0.39 is 36.2 Å². The Morgan fingerprint density at radius 3 is 2.67 bits per heavy atom. The molecule has 0 aliphatic rings. The van der Waals surface area contributed by atoms with Crippen molar-refractivity contribution in [2.75, 3.05) is 6.54 Å². The number of benzene rings is 1. The van der Waals surface area contributed by atoms with Crippen LogP contribution in [0.4, 0.5) is 4.39 Å². The molecule has 0 fully saturated rings. The molecule has 0 spiro atoms. The molecule has 1 heterocycles. The Labute approximate surface area is 159 Å². The van der Waals surface area contributed by atoms with Gasteiger partial charge in [0.15, 0.2) is 17.7 Å². The van der Waals surface area contributed by atoms with Crippen molar-refractivity contribution >= 4 is 29.3 Å². The predicted octanol–water partition coefficient (Wildman–Crippen LogP) is 1.22. The van der Waals surface area contributed by atoms with Gasteiger partial charge in [-0.15, -0.1) is 0 Å². The van der Waals surface area contributed by atoms with Gasteiger partial charge in [-0.3, -0.25) is 30.2 Å². The average Bonchev–Trinajstić information content (AvgIpc) is 2.65. The Hall–Kier alpha value is -3.20. The Bertz CT molecular complexity index is 849. The van der Waals surface area contributed by atoms with Crippen LogP contribution in [0.5, 0.6) is 5.75 Å². The number of nitrogens with zero attached hydrogens (tertiary/aromatic N) is 1. The molecule has 0 saturated carbocycles. The molecule has 1 aromatic carbocycles. The zero-order chi connectivity index (χ0) is 19.8. The number of carbonyl (C=O) groups is 3. The number of para-hydroxylation sites is 1. The number of ether oxygens (including phenoxy) is 1. The molecule has 142 valence electrons. The molecule has 0 bridgehead atoms. The normalized spacial score (nSPS) is 11.2. The van der Waals surface area contributed by atoms with Crippen molar-refractivity contribution in [3.63, 3.8) is 0 Å². The summed E-state index contributed by atoms with van der Waals surface area (Å²) in [6.07, 6.45) is 0.293. The Balaban J connectivity index is 1.75. The molecule has 8 nitrogen and oxygen atoms in total. The largest absolute Gasteiger partial charge is 0.478 e. The first kappa shape index (κ1) is 20.1. The van der Waals surface area contributed by atoms with Crippen molar-refractivity contribution in [3.8, 4) is 5.75 Å². The summed E-state index contributed by atoms with van der Waals surface area (Å²) in [7, 11) is 0. The fourth-order valence-electron chi connectivity index (χ4n) is 1.84. The van der Waals surface area contributed by atoms with Gasteiger partial charge in [-0.05, 0) is 31.2 Å². The van der Waals surface area contributed by atoms with E-state index in [4.69, 9.17) is 16.3 Å². The maximum absolute atomic E-state index is 13.5. The third-order valence-electron chi connectivity index (χ3n) is 3.20. The fraction of sp³-hybridized carbons (Fsp3) is 0.176. The Kier molecular flexibility index (Phi) is 7.07. The van der Waals surface area contributed by atoms with Crippen molar-refractivity contribution < 1.29 is 23.5 Å². The number of aromatic nitrogens is 1. The van der Waals surface area contributed by atoms with Crippen LogP contribution in [0, 0.1) is 5.82 Å². The Morgan fingerprint density at radius 1 is 1.22 bits per heavy atom. The summed E-state index contributed by atoms with van der Waals surface area (Å²) in [5, 5.41) is 2.65. The summed E-state index contributed by atoms with van der Waals surface area (Å²) < 4.78 is 18.7. The highest BCUT2D eigenvalue weighted by Crippen LogP contribution is 2.16. The maximum Gasteiger partial charge on any atom is 0.279 e. The van der Waals surface area contributed by atoms with Crippen molar-refractivity contribution in [3.05, 3.63) is 59.1 Å². The number of hydrogen-bond acceptors (Lipinski definition) is 5. The molecule has 2 rings (SSSR count). The lowest BCUT2D eigenvalue weighted by molar-refractivity contribution is -0.132. The molecule has 27 heavy (non-hydrogen) atoms. The molecule has 0 aliphatic heterocycles. The standard InChI is InChI=1S/C17H16ClFN4O4/c1-10(27-14-5-3-2-4-12(14)19)16(25)23-22-15(24)9-21-17(26)13-8-11(18)6-7-20-13/h2-8,10H,9H2,1H3,(H,21,26)(H,22,24)(H,23,25). The maximum atomic E-state index is 13.5. The summed E-state index contributed by atoms with van der Waals surface area (Å²) in [6, 6.07) is 8.46. The van der Waals surface area contributed by atoms with Gasteiger partial charge in [-0.1, -0.05) is 23.7 Å². The SMILES string of the molecule is CC(Oc1ccccc1F)C(=O)NNC(=O)CNC(=O)c1cc(Cl)ccn1. The molecular weight excluding hydrogens is 379 g/mol. The van der Waals surface area contributed by atoms with Crippen LogP contribution in [0.15, 0.2) is 42.6 Å². The first-order valence-corrected chi connectivity index (χ1v) is 8.14. The monoisotopic (exact) mass is 394 g/mol. The zero-order valence-corrected chi connectivity index (χ0v) is 14.9. The van der Waals surface area contributed by atoms with Gasteiger partial charge >= 0.3 is 0 Å². The van der Waals surface area contributed by atoms with E-state index in [0.29, 0.717) is 5.02 Å². The van der Waals surface area contributed by atoms with Crippen LogP contribution in [-0.2, 0) is 9.59 Å². The van der Waals surface area contributed by atoms with Crippen molar-refractivity contribution in [1.82, 2.24) is 21.2 Å². The van der Waals surface area contributed by atoms with E-state index in [1.165, 1.54) is 43.5 Å². The highest BCUT2D eigenvalue weighted by Gasteiger charge is 2.17. The van der Waals surface area contributed by atoms with Crippen LogP contribution in [0.3, 0.4) is 0 Å². The minimum atomic E-state index is -1.06. The summed E-state index contributed by atoms with van der Waals surface area (Å²) in [4.78, 5) is 39.2. The number of amides is 3. The first-order chi connectivity index (χ1) is 12.9. The quantitative estimate of drug-likeness (QED) is 0.638. The second-order valence-corrected chi connectivity index (χ2v) is 5.71. The van der Waals surface area contributed by atoms with E-state index in [1.807, 2.05) is 0 Å². The molecule has 1 aromatic heterocycles. The van der Waals surface area contributed by atoms with Crippen LogP contribution >= 0.6 is 11.6 Å². The average molecular weight is 395 g/mol. The van der Waals surface area contributed by atoms with Gasteiger partial charge in [-0.2, -0.15) is 0 Å². The number of nitrogens with one attached hydrogen (secondary N) is 3. The topological polar surface area (TPSA) is 109 Å². The second-order valence-electron chi connectivity index (χ2n) is 5.27. The third-order valence-corrected chi connectivity index (χ3v) is 3.43. The minimum Gasteiger partial charge on any atom is -0.478 e. The lowest BCUT2D eigenvalue weighted by atomic mass is 10.3. The molecule has 0 saturated heterocycles. The Morgan fingerprint density at radius 2 is 1.96 bits per heavy atom. The van der Waals surface area contributed by atoms with E-state index >= 15 is 0 Å². The molecule has 0 aliphatic carbocycles. The molecule has 1 unspecified atom stereocenters. The number of hydrazine groups is 1. The lowest BCUT2D eigenvalue weighted by Gasteiger charge is -2.15. The zero-order valence-electron chi connectivity index (χ0n) is 14.2.